The molecule has 2 rings (SSSR count). The number of hydrogen-bond donors (Lipinski definition) is 2. The summed E-state index contributed by atoms with van der Waals surface area (Å²) in [5.74, 6) is 0.337. The molecule has 0 radical (unpaired) electrons. The van der Waals surface area contributed by atoms with Gasteiger partial charge in [0.1, 0.15) is 5.75 Å². The molecular formula is C12H17NO. The van der Waals surface area contributed by atoms with Crippen molar-refractivity contribution in [3.8, 4) is 5.75 Å². The highest BCUT2D eigenvalue weighted by atomic mass is 16.3. The number of phenols is 1. The third-order valence-corrected chi connectivity index (χ3v) is 3.36. The van der Waals surface area contributed by atoms with Crippen LogP contribution in [0.25, 0.3) is 0 Å². The summed E-state index contributed by atoms with van der Waals surface area (Å²) in [6, 6.07) is 7.48. The molecule has 0 unspecified atom stereocenters. The molecule has 14 heavy (non-hydrogen) atoms. The molecule has 0 amide bonds. The van der Waals surface area contributed by atoms with Gasteiger partial charge in [-0.3, -0.25) is 0 Å². The number of hydrogen-bond acceptors (Lipinski definition) is 2. The van der Waals surface area contributed by atoms with Crippen molar-refractivity contribution in [2.75, 3.05) is 6.54 Å². The molecule has 0 saturated heterocycles. The Labute approximate surface area is 84.7 Å². The van der Waals surface area contributed by atoms with E-state index in [0.717, 1.165) is 13.0 Å². The molecule has 0 aliphatic heterocycles. The van der Waals surface area contributed by atoms with Gasteiger partial charge in [-0.05, 0) is 48.9 Å². The average Bonchev–Trinajstić information content (AvgIpc) is 2.15. The van der Waals surface area contributed by atoms with Crippen molar-refractivity contribution in [3.63, 3.8) is 0 Å². The quantitative estimate of drug-likeness (QED) is 0.768. The van der Waals surface area contributed by atoms with E-state index in [9.17, 15) is 0 Å². The Balaban J connectivity index is 2.06. The van der Waals surface area contributed by atoms with Crippen LogP contribution < -0.4 is 5.73 Å². The average molecular weight is 191 g/mol. The fourth-order valence-corrected chi connectivity index (χ4v) is 2.18. The number of aromatic hydroxyl groups is 1. The van der Waals surface area contributed by atoms with Crippen LogP contribution in [0.15, 0.2) is 24.3 Å². The lowest BCUT2D eigenvalue weighted by molar-refractivity contribution is 0.145. The van der Waals surface area contributed by atoms with Gasteiger partial charge in [-0.1, -0.05) is 18.6 Å². The zero-order valence-corrected chi connectivity index (χ0v) is 8.37. The monoisotopic (exact) mass is 191 g/mol. The summed E-state index contributed by atoms with van der Waals surface area (Å²) in [5, 5.41) is 9.16. The van der Waals surface area contributed by atoms with E-state index < -0.39 is 0 Å². The lowest BCUT2D eigenvalue weighted by Crippen LogP contribution is -2.39. The molecule has 2 nitrogen and oxygen atoms in total. The van der Waals surface area contributed by atoms with Crippen LogP contribution in [0.4, 0.5) is 0 Å². The fraction of sp³-hybridized carbons (Fsp3) is 0.500. The first-order chi connectivity index (χ1) is 6.74. The highest BCUT2D eigenvalue weighted by Gasteiger charge is 2.35. The van der Waals surface area contributed by atoms with E-state index in [2.05, 4.69) is 0 Å². The minimum atomic E-state index is 0.337. The third-order valence-electron chi connectivity index (χ3n) is 3.36. The number of nitrogens with two attached hydrogens (primary N) is 1. The minimum absolute atomic E-state index is 0.337. The molecule has 76 valence electrons. The maximum atomic E-state index is 9.16. The second-order valence-electron chi connectivity index (χ2n) is 4.40. The second-order valence-corrected chi connectivity index (χ2v) is 4.40. The van der Waals surface area contributed by atoms with Gasteiger partial charge in [-0.2, -0.15) is 0 Å². The van der Waals surface area contributed by atoms with Crippen molar-refractivity contribution in [3.05, 3.63) is 29.8 Å². The Morgan fingerprint density at radius 3 is 2.29 bits per heavy atom. The zero-order chi connectivity index (χ0) is 10.0. The summed E-state index contributed by atoms with van der Waals surface area (Å²) in [6.07, 6.45) is 4.88. The van der Waals surface area contributed by atoms with Gasteiger partial charge in [0, 0.05) is 0 Å². The molecule has 2 heteroatoms. The molecular weight excluding hydrogens is 174 g/mol. The Kier molecular flexibility index (Phi) is 2.46. The number of phenolic OH excluding ortho intramolecular Hbond substituents is 1. The van der Waals surface area contributed by atoms with Gasteiger partial charge in [-0.25, -0.2) is 0 Å². The summed E-state index contributed by atoms with van der Waals surface area (Å²) in [5.41, 5.74) is 7.44. The first kappa shape index (κ1) is 9.53. The largest absolute Gasteiger partial charge is 0.508 e. The topological polar surface area (TPSA) is 46.2 Å². The smallest absolute Gasteiger partial charge is 0.115 e. The van der Waals surface area contributed by atoms with Gasteiger partial charge in [0.25, 0.3) is 0 Å². The van der Waals surface area contributed by atoms with Gasteiger partial charge in [-0.15, -0.1) is 0 Å². The molecule has 0 heterocycles. The highest BCUT2D eigenvalue weighted by molar-refractivity contribution is 5.27. The Morgan fingerprint density at radius 1 is 1.21 bits per heavy atom. The molecule has 1 aromatic carbocycles. The Bertz CT molecular complexity index is 295. The summed E-state index contributed by atoms with van der Waals surface area (Å²) in [7, 11) is 0. The van der Waals surface area contributed by atoms with Crippen molar-refractivity contribution < 1.29 is 5.11 Å². The first-order valence-electron chi connectivity index (χ1n) is 5.22. The zero-order valence-electron chi connectivity index (χ0n) is 8.37. The van der Waals surface area contributed by atoms with Crippen molar-refractivity contribution >= 4 is 0 Å². The number of benzene rings is 1. The van der Waals surface area contributed by atoms with Crippen LogP contribution in [0.1, 0.15) is 24.8 Å². The number of rotatable bonds is 3. The standard InChI is InChI=1S/C12H17NO/c13-9-12(6-1-7-12)8-10-2-4-11(14)5-3-10/h2-5,14H,1,6-9,13H2. The molecule has 0 spiro atoms. The first-order valence-corrected chi connectivity index (χ1v) is 5.22. The predicted octanol–water partition coefficient (Wildman–Crippen LogP) is 2.06. The van der Waals surface area contributed by atoms with E-state index in [1.165, 1.54) is 24.8 Å². The van der Waals surface area contributed by atoms with E-state index in [1.807, 2.05) is 12.1 Å². The van der Waals surface area contributed by atoms with E-state index in [4.69, 9.17) is 10.8 Å². The summed E-state index contributed by atoms with van der Waals surface area (Å²) < 4.78 is 0. The van der Waals surface area contributed by atoms with Crippen molar-refractivity contribution in [1.82, 2.24) is 0 Å². The van der Waals surface area contributed by atoms with E-state index in [-0.39, 0.29) is 0 Å². The highest BCUT2D eigenvalue weighted by Crippen LogP contribution is 2.42. The predicted molar refractivity (Wildman–Crippen MR) is 57.1 cm³/mol. The normalized spacial score (nSPS) is 18.9. The molecule has 0 atom stereocenters. The second kappa shape index (κ2) is 3.62. The summed E-state index contributed by atoms with van der Waals surface area (Å²) in [6.45, 7) is 0.786. The van der Waals surface area contributed by atoms with Crippen molar-refractivity contribution in [2.24, 2.45) is 11.1 Å². The summed E-state index contributed by atoms with van der Waals surface area (Å²) >= 11 is 0. The Hall–Kier alpha value is -1.02. The van der Waals surface area contributed by atoms with Gasteiger partial charge in [0.15, 0.2) is 0 Å². The van der Waals surface area contributed by atoms with Crippen molar-refractivity contribution in [2.45, 2.75) is 25.7 Å². The maximum Gasteiger partial charge on any atom is 0.115 e. The van der Waals surface area contributed by atoms with Gasteiger partial charge < -0.3 is 10.8 Å². The van der Waals surface area contributed by atoms with Crippen LogP contribution in [-0.4, -0.2) is 11.7 Å². The lowest BCUT2D eigenvalue weighted by atomic mass is 9.65. The van der Waals surface area contributed by atoms with Crippen LogP contribution in [0.3, 0.4) is 0 Å². The molecule has 1 aromatic rings. The van der Waals surface area contributed by atoms with Crippen LogP contribution in [-0.2, 0) is 6.42 Å². The minimum Gasteiger partial charge on any atom is -0.508 e. The molecule has 0 aromatic heterocycles. The van der Waals surface area contributed by atoms with Crippen molar-refractivity contribution in [1.29, 1.82) is 0 Å². The molecule has 3 N–H and O–H groups in total. The molecule has 1 aliphatic carbocycles. The van der Waals surface area contributed by atoms with Crippen LogP contribution in [0.2, 0.25) is 0 Å². The van der Waals surface area contributed by atoms with E-state index >= 15 is 0 Å². The molecule has 1 aliphatic rings. The molecule has 0 bridgehead atoms. The van der Waals surface area contributed by atoms with E-state index in [0.29, 0.717) is 11.2 Å². The SMILES string of the molecule is NCC1(Cc2ccc(O)cc2)CCC1. The van der Waals surface area contributed by atoms with Gasteiger partial charge in [0.2, 0.25) is 0 Å². The third kappa shape index (κ3) is 1.75. The van der Waals surface area contributed by atoms with Gasteiger partial charge in [0.05, 0.1) is 0 Å². The molecule has 1 saturated carbocycles. The lowest BCUT2D eigenvalue weighted by Gasteiger charge is -2.41. The molecule has 1 fully saturated rings. The van der Waals surface area contributed by atoms with E-state index in [1.54, 1.807) is 12.1 Å². The fourth-order valence-electron chi connectivity index (χ4n) is 2.18. The van der Waals surface area contributed by atoms with Crippen LogP contribution in [0, 0.1) is 5.41 Å². The van der Waals surface area contributed by atoms with Crippen LogP contribution in [0.5, 0.6) is 5.75 Å². The summed E-state index contributed by atoms with van der Waals surface area (Å²) in [4.78, 5) is 0. The maximum absolute atomic E-state index is 9.16. The van der Waals surface area contributed by atoms with Crippen LogP contribution >= 0.6 is 0 Å². The van der Waals surface area contributed by atoms with Gasteiger partial charge >= 0.3 is 0 Å². The Morgan fingerprint density at radius 2 is 1.86 bits per heavy atom.